The molecule has 3 unspecified atom stereocenters. The largest absolute Gasteiger partial charge is 0.374 e. The van der Waals surface area contributed by atoms with Gasteiger partial charge in [0.05, 0.1) is 20.1 Å². The number of fused-ring (bicyclic) bond motifs is 1. The summed E-state index contributed by atoms with van der Waals surface area (Å²) in [6.45, 7) is 4.21. The number of thioether (sulfide) groups is 1. The predicted molar refractivity (Wildman–Crippen MR) is 130 cm³/mol. The molecule has 2 aliphatic heterocycles. The van der Waals surface area contributed by atoms with Crippen LogP contribution in [0, 0.1) is 0 Å². The fraction of sp³-hybridized carbons (Fsp3) is 0.500. The highest BCUT2D eigenvalue weighted by atomic mass is 32.2. The van der Waals surface area contributed by atoms with Gasteiger partial charge in [0.15, 0.2) is 11.7 Å². The van der Waals surface area contributed by atoms with E-state index in [-0.39, 0.29) is 40.4 Å². The molecule has 1 aromatic heterocycles. The van der Waals surface area contributed by atoms with Crippen molar-refractivity contribution in [3.8, 4) is 0 Å². The first-order valence-corrected chi connectivity index (χ1v) is 12.5. The molecule has 0 spiro atoms. The Morgan fingerprint density at radius 2 is 2.20 bits per heavy atom. The van der Waals surface area contributed by atoms with Gasteiger partial charge in [0.1, 0.15) is 11.4 Å². The first kappa shape index (κ1) is 26.6. The van der Waals surface area contributed by atoms with Crippen LogP contribution in [0.4, 0.5) is 9.52 Å². The minimum absolute atomic E-state index is 0.100. The summed E-state index contributed by atoms with van der Waals surface area (Å²) < 4.78 is 16.8. The van der Waals surface area contributed by atoms with Gasteiger partial charge in [-0.2, -0.15) is 9.36 Å². The second-order valence-corrected chi connectivity index (χ2v) is 10.1. The molecule has 3 rings (SSSR count). The molecule has 0 aromatic carbocycles. The minimum Gasteiger partial charge on any atom is -0.374 e. The Labute approximate surface area is 210 Å². The Balaban J connectivity index is 1.67. The number of allylic oxidation sites excluding steroid dienone is 2. The Kier molecular flexibility index (Phi) is 8.45. The molecule has 5 N–H and O–H groups in total. The van der Waals surface area contributed by atoms with Gasteiger partial charge in [-0.25, -0.2) is 4.39 Å². The monoisotopic (exact) mass is 527 g/mol. The number of halogens is 1. The molecule has 1 saturated heterocycles. The van der Waals surface area contributed by atoms with E-state index in [1.54, 1.807) is 4.90 Å². The van der Waals surface area contributed by atoms with Crippen LogP contribution < -0.4 is 16.8 Å². The SMILES string of the molecule is CC[N+](C)(C/C=C/C1=C(C)N2C(=O)C(NC(=O)/C(=N/OCF)c3nsc(N)n3)C2SC1)CC(N)=O. The van der Waals surface area contributed by atoms with E-state index in [2.05, 4.69) is 24.7 Å². The third-order valence-electron chi connectivity index (χ3n) is 5.80. The Morgan fingerprint density at radius 3 is 2.80 bits per heavy atom. The molecule has 1 fully saturated rings. The van der Waals surface area contributed by atoms with Crippen LogP contribution in [-0.4, -0.2) is 92.9 Å². The summed E-state index contributed by atoms with van der Waals surface area (Å²) in [6, 6.07) is -0.796. The van der Waals surface area contributed by atoms with E-state index in [1.165, 1.54) is 11.8 Å². The molecule has 15 heteroatoms. The van der Waals surface area contributed by atoms with Crippen molar-refractivity contribution >= 4 is 51.9 Å². The zero-order valence-electron chi connectivity index (χ0n) is 19.6. The molecule has 0 radical (unpaired) electrons. The second kappa shape index (κ2) is 11.1. The van der Waals surface area contributed by atoms with Crippen LogP contribution in [0.2, 0.25) is 0 Å². The van der Waals surface area contributed by atoms with Crippen molar-refractivity contribution in [2.75, 3.05) is 45.0 Å². The standard InChI is InChI=1S/C20H27FN8O4S2/c1-4-29(3,8-13(22)30)7-5-6-12-9-34-19-15(18(32)28(19)11(12)2)24-17(31)14(26-33-10-21)16-25-20(23)35-27-16/h5-6,15,19H,4,7-10H2,1-3H3,(H4-,22,23,24,25,27,30,31)/p+1/b6-5+,26-14+. The van der Waals surface area contributed by atoms with E-state index in [0.717, 1.165) is 29.3 Å². The zero-order valence-corrected chi connectivity index (χ0v) is 21.2. The van der Waals surface area contributed by atoms with Gasteiger partial charge in [-0.05, 0) is 25.5 Å². The van der Waals surface area contributed by atoms with Gasteiger partial charge in [-0.15, -0.1) is 11.8 Å². The van der Waals surface area contributed by atoms with Crippen LogP contribution in [0.1, 0.15) is 19.7 Å². The summed E-state index contributed by atoms with van der Waals surface area (Å²) >= 11 is 2.35. The van der Waals surface area contributed by atoms with Crippen LogP contribution in [0.3, 0.4) is 0 Å². The van der Waals surface area contributed by atoms with Gasteiger partial charge in [-0.1, -0.05) is 11.2 Å². The van der Waals surface area contributed by atoms with Crippen molar-refractivity contribution in [2.45, 2.75) is 25.3 Å². The van der Waals surface area contributed by atoms with Crippen molar-refractivity contribution in [1.82, 2.24) is 19.6 Å². The van der Waals surface area contributed by atoms with Crippen LogP contribution in [0.15, 0.2) is 28.6 Å². The van der Waals surface area contributed by atoms with Crippen molar-refractivity contribution in [3.05, 3.63) is 29.2 Å². The first-order chi connectivity index (χ1) is 16.6. The lowest BCUT2D eigenvalue weighted by Crippen LogP contribution is -2.70. The number of nitrogens with zero attached hydrogens (tertiary/aromatic N) is 5. The fourth-order valence-electron chi connectivity index (χ4n) is 3.67. The molecule has 12 nitrogen and oxygen atoms in total. The summed E-state index contributed by atoms with van der Waals surface area (Å²) in [5, 5.41) is 5.87. The maximum Gasteiger partial charge on any atom is 0.278 e. The number of anilines is 1. The molecule has 35 heavy (non-hydrogen) atoms. The number of primary amides is 1. The zero-order chi connectivity index (χ0) is 25.8. The number of carbonyl (C=O) groups excluding carboxylic acids is 3. The summed E-state index contributed by atoms with van der Waals surface area (Å²) in [5.74, 6) is -0.889. The molecule has 2 aliphatic rings. The van der Waals surface area contributed by atoms with E-state index in [9.17, 15) is 18.8 Å². The summed E-state index contributed by atoms with van der Waals surface area (Å²) in [7, 11) is 1.96. The number of aromatic nitrogens is 2. The number of oxime groups is 1. The molecule has 3 atom stereocenters. The van der Waals surface area contributed by atoms with Crippen LogP contribution in [-0.2, 0) is 19.2 Å². The van der Waals surface area contributed by atoms with Gasteiger partial charge in [0.25, 0.3) is 24.6 Å². The smallest absolute Gasteiger partial charge is 0.278 e. The lowest BCUT2D eigenvalue weighted by Gasteiger charge is -2.49. The van der Waals surface area contributed by atoms with Crippen LogP contribution in [0.5, 0.6) is 0 Å². The quantitative estimate of drug-likeness (QED) is 0.156. The normalized spacial score (nSPS) is 22.0. The summed E-state index contributed by atoms with van der Waals surface area (Å²) in [5.41, 5.74) is 12.3. The third-order valence-corrected chi connectivity index (χ3v) is 7.65. The average Bonchev–Trinajstić information content (AvgIpc) is 3.23. The van der Waals surface area contributed by atoms with Crippen molar-refractivity contribution < 1.29 is 28.1 Å². The number of nitrogen functional groups attached to an aromatic ring is 1. The number of alkyl halides is 1. The molecule has 190 valence electrons. The molecule has 3 heterocycles. The number of carbonyl (C=O) groups is 3. The third kappa shape index (κ3) is 5.97. The summed E-state index contributed by atoms with van der Waals surface area (Å²) in [6.07, 6.45) is 3.94. The number of likely N-dealkylation sites (N-methyl/N-ethyl adjacent to an activating group) is 1. The van der Waals surface area contributed by atoms with E-state index in [4.69, 9.17) is 11.5 Å². The van der Waals surface area contributed by atoms with Gasteiger partial charge in [0, 0.05) is 23.0 Å². The van der Waals surface area contributed by atoms with Crippen LogP contribution >= 0.6 is 23.3 Å². The Morgan fingerprint density at radius 1 is 1.46 bits per heavy atom. The van der Waals surface area contributed by atoms with Gasteiger partial charge in [-0.3, -0.25) is 19.3 Å². The molecular weight excluding hydrogens is 499 g/mol. The Hall–Kier alpha value is -3.04. The minimum atomic E-state index is -1.25. The first-order valence-electron chi connectivity index (χ1n) is 10.7. The number of nitrogens with one attached hydrogen (secondary N) is 1. The average molecular weight is 528 g/mol. The van der Waals surface area contributed by atoms with Gasteiger partial charge >= 0.3 is 0 Å². The number of nitrogens with two attached hydrogens (primary N) is 2. The van der Waals surface area contributed by atoms with Crippen LogP contribution in [0.25, 0.3) is 0 Å². The van der Waals surface area contributed by atoms with Crippen molar-refractivity contribution in [1.29, 1.82) is 0 Å². The van der Waals surface area contributed by atoms with E-state index >= 15 is 0 Å². The highest BCUT2D eigenvalue weighted by Gasteiger charge is 2.51. The lowest BCUT2D eigenvalue weighted by atomic mass is 10.0. The molecule has 1 aromatic rings. The number of hydrogen-bond donors (Lipinski definition) is 3. The maximum atomic E-state index is 12.9. The topological polar surface area (TPSA) is 166 Å². The van der Waals surface area contributed by atoms with Crippen molar-refractivity contribution in [2.24, 2.45) is 10.9 Å². The number of hydrogen-bond acceptors (Lipinski definition) is 10. The van der Waals surface area contributed by atoms with Crippen molar-refractivity contribution in [3.63, 3.8) is 0 Å². The van der Waals surface area contributed by atoms with Gasteiger partial charge < -0.3 is 26.1 Å². The molecular formula is C20H28FN8O4S2+. The highest BCUT2D eigenvalue weighted by molar-refractivity contribution is 8.00. The highest BCUT2D eigenvalue weighted by Crippen LogP contribution is 2.40. The fourth-order valence-corrected chi connectivity index (χ4v) is 5.55. The molecule has 0 aliphatic carbocycles. The number of rotatable bonds is 11. The number of β-lactam (4-membered cyclic amide) rings is 1. The van der Waals surface area contributed by atoms with Gasteiger partial charge in [0.2, 0.25) is 11.5 Å². The Bertz CT molecular complexity index is 1090. The van der Waals surface area contributed by atoms with E-state index in [0.29, 0.717) is 16.8 Å². The van der Waals surface area contributed by atoms with E-state index < -0.39 is 18.8 Å². The van der Waals surface area contributed by atoms with E-state index in [1.807, 2.05) is 33.0 Å². The maximum absolute atomic E-state index is 12.9. The molecule has 0 bridgehead atoms. The molecule has 3 amide bonds. The summed E-state index contributed by atoms with van der Waals surface area (Å²) in [4.78, 5) is 46.9. The number of amides is 3. The number of quaternary nitrogens is 1. The second-order valence-electron chi connectivity index (χ2n) is 8.25. The predicted octanol–water partition coefficient (Wildman–Crippen LogP) is -0.0501. The molecule has 0 saturated carbocycles. The lowest BCUT2D eigenvalue weighted by molar-refractivity contribution is -0.894.